The number of carboxylic acid groups (broad SMARTS) is 1. The minimum Gasteiger partial charge on any atom is -0.478 e. The van der Waals surface area contributed by atoms with E-state index in [0.29, 0.717) is 22.5 Å². The number of nitrogens with one attached hydrogen (secondary N) is 1. The minimum atomic E-state index is -1.05. The van der Waals surface area contributed by atoms with Crippen LogP contribution in [0, 0.1) is 5.92 Å². The number of halogens is 1. The number of carbonyl (C=O) groups excluding carboxylic acids is 1. The highest BCUT2D eigenvalue weighted by molar-refractivity contribution is 9.10. The molecule has 0 aromatic heterocycles. The van der Waals surface area contributed by atoms with Crippen LogP contribution in [0.3, 0.4) is 0 Å². The summed E-state index contributed by atoms with van der Waals surface area (Å²) < 4.78 is 0.580. The molecule has 1 aromatic carbocycles. The van der Waals surface area contributed by atoms with Gasteiger partial charge >= 0.3 is 5.97 Å². The van der Waals surface area contributed by atoms with Crippen molar-refractivity contribution in [3.05, 3.63) is 33.8 Å². The highest BCUT2D eigenvalue weighted by Gasteiger charge is 2.12. The number of carboxylic acids is 1. The SMILES string of the molecule is CCC(C)CNC(=O)c1cc(Br)cc(C(=O)O)c1. The van der Waals surface area contributed by atoms with E-state index in [-0.39, 0.29) is 11.5 Å². The van der Waals surface area contributed by atoms with Gasteiger partial charge in [-0.15, -0.1) is 0 Å². The lowest BCUT2D eigenvalue weighted by Gasteiger charge is -2.10. The summed E-state index contributed by atoms with van der Waals surface area (Å²) in [5.41, 5.74) is 0.447. The van der Waals surface area contributed by atoms with Crippen LogP contribution in [0.2, 0.25) is 0 Å². The zero-order valence-corrected chi connectivity index (χ0v) is 12.0. The summed E-state index contributed by atoms with van der Waals surface area (Å²) in [7, 11) is 0. The molecule has 0 aliphatic rings. The van der Waals surface area contributed by atoms with Gasteiger partial charge in [0.1, 0.15) is 0 Å². The zero-order chi connectivity index (χ0) is 13.7. The van der Waals surface area contributed by atoms with Gasteiger partial charge in [-0.3, -0.25) is 4.79 Å². The Bertz CT molecular complexity index is 460. The first kappa shape index (κ1) is 14.7. The zero-order valence-electron chi connectivity index (χ0n) is 10.4. The molecule has 1 amide bonds. The number of aromatic carboxylic acids is 1. The van der Waals surface area contributed by atoms with Crippen LogP contribution in [0.25, 0.3) is 0 Å². The molecule has 98 valence electrons. The molecule has 0 radical (unpaired) electrons. The van der Waals surface area contributed by atoms with E-state index >= 15 is 0 Å². The standard InChI is InChI=1S/C13H16BrNO3/c1-3-8(2)7-15-12(16)9-4-10(13(17)18)6-11(14)5-9/h4-6,8H,3,7H2,1-2H3,(H,15,16)(H,17,18). The van der Waals surface area contributed by atoms with E-state index in [1.54, 1.807) is 6.07 Å². The molecule has 5 heteroatoms. The normalized spacial score (nSPS) is 11.9. The van der Waals surface area contributed by atoms with Gasteiger partial charge in [0.15, 0.2) is 0 Å². The molecule has 4 nitrogen and oxygen atoms in total. The molecule has 1 unspecified atom stereocenters. The molecule has 18 heavy (non-hydrogen) atoms. The molecule has 2 N–H and O–H groups in total. The van der Waals surface area contributed by atoms with E-state index in [1.807, 2.05) is 6.92 Å². The van der Waals surface area contributed by atoms with Gasteiger partial charge < -0.3 is 10.4 Å². The van der Waals surface area contributed by atoms with Crippen molar-refractivity contribution in [1.29, 1.82) is 0 Å². The van der Waals surface area contributed by atoms with Gasteiger partial charge in [0, 0.05) is 16.6 Å². The van der Waals surface area contributed by atoms with E-state index in [9.17, 15) is 9.59 Å². The third-order valence-electron chi connectivity index (χ3n) is 2.71. The van der Waals surface area contributed by atoms with Crippen LogP contribution in [-0.2, 0) is 0 Å². The fourth-order valence-corrected chi connectivity index (χ4v) is 1.85. The van der Waals surface area contributed by atoms with Crippen LogP contribution in [0.4, 0.5) is 0 Å². The topological polar surface area (TPSA) is 66.4 Å². The molecule has 0 saturated carbocycles. The van der Waals surface area contributed by atoms with Crippen molar-refractivity contribution in [2.24, 2.45) is 5.92 Å². The maximum absolute atomic E-state index is 11.9. The Morgan fingerprint density at radius 2 is 1.94 bits per heavy atom. The molecule has 1 aromatic rings. The largest absolute Gasteiger partial charge is 0.478 e. The van der Waals surface area contributed by atoms with Gasteiger partial charge in [-0.2, -0.15) is 0 Å². The molecule has 0 fully saturated rings. The van der Waals surface area contributed by atoms with Crippen LogP contribution < -0.4 is 5.32 Å². The third kappa shape index (κ3) is 4.14. The molecule has 0 saturated heterocycles. The molecule has 0 spiro atoms. The van der Waals surface area contributed by atoms with Crippen molar-refractivity contribution in [2.45, 2.75) is 20.3 Å². The molecular formula is C13H16BrNO3. The van der Waals surface area contributed by atoms with E-state index in [0.717, 1.165) is 6.42 Å². The number of rotatable bonds is 5. The number of carbonyl (C=O) groups is 2. The highest BCUT2D eigenvalue weighted by Crippen LogP contribution is 2.16. The van der Waals surface area contributed by atoms with Crippen LogP contribution in [-0.4, -0.2) is 23.5 Å². The van der Waals surface area contributed by atoms with E-state index < -0.39 is 5.97 Å². The Labute approximate surface area is 115 Å². The first-order chi connectivity index (χ1) is 8.43. The average molecular weight is 314 g/mol. The van der Waals surface area contributed by atoms with Crippen molar-refractivity contribution >= 4 is 27.8 Å². The van der Waals surface area contributed by atoms with Crippen molar-refractivity contribution in [2.75, 3.05) is 6.54 Å². The molecule has 1 atom stereocenters. The maximum atomic E-state index is 11.9. The molecular weight excluding hydrogens is 298 g/mol. The van der Waals surface area contributed by atoms with Crippen LogP contribution in [0.5, 0.6) is 0 Å². The second-order valence-electron chi connectivity index (χ2n) is 4.26. The van der Waals surface area contributed by atoms with E-state index in [4.69, 9.17) is 5.11 Å². The van der Waals surface area contributed by atoms with Gasteiger partial charge in [-0.25, -0.2) is 4.79 Å². The predicted octanol–water partition coefficient (Wildman–Crippen LogP) is 2.92. The number of hydrogen-bond acceptors (Lipinski definition) is 2. The Kier molecular flexibility index (Phi) is 5.34. The number of amides is 1. The Morgan fingerprint density at radius 1 is 1.33 bits per heavy atom. The molecule has 0 aliphatic carbocycles. The van der Waals surface area contributed by atoms with E-state index in [1.165, 1.54) is 12.1 Å². The summed E-state index contributed by atoms with van der Waals surface area (Å²) in [6.45, 7) is 4.69. The lowest BCUT2D eigenvalue weighted by molar-refractivity contribution is 0.0697. The fraction of sp³-hybridized carbons (Fsp3) is 0.385. The smallest absolute Gasteiger partial charge is 0.335 e. The van der Waals surface area contributed by atoms with E-state index in [2.05, 4.69) is 28.2 Å². The number of benzene rings is 1. The molecule has 1 rings (SSSR count). The summed E-state index contributed by atoms with van der Waals surface area (Å²) in [6, 6.07) is 4.45. The predicted molar refractivity (Wildman–Crippen MR) is 72.9 cm³/mol. The number of hydrogen-bond donors (Lipinski definition) is 2. The van der Waals surface area contributed by atoms with Gasteiger partial charge in [-0.1, -0.05) is 36.2 Å². The molecule has 0 heterocycles. The minimum absolute atomic E-state index is 0.0954. The lowest BCUT2D eigenvalue weighted by atomic mass is 10.1. The first-order valence-electron chi connectivity index (χ1n) is 5.76. The monoisotopic (exact) mass is 313 g/mol. The van der Waals surface area contributed by atoms with Gasteiger partial charge in [0.25, 0.3) is 5.91 Å². The molecule has 0 bridgehead atoms. The van der Waals surface area contributed by atoms with Gasteiger partial charge in [0.05, 0.1) is 5.56 Å². The van der Waals surface area contributed by atoms with Crippen molar-refractivity contribution in [3.63, 3.8) is 0 Å². The summed E-state index contributed by atoms with van der Waals surface area (Å²) in [4.78, 5) is 22.8. The Hall–Kier alpha value is -1.36. The van der Waals surface area contributed by atoms with Crippen molar-refractivity contribution in [3.8, 4) is 0 Å². The van der Waals surface area contributed by atoms with Crippen LogP contribution in [0.15, 0.2) is 22.7 Å². The summed E-state index contributed by atoms with van der Waals surface area (Å²) in [5, 5.41) is 11.7. The highest BCUT2D eigenvalue weighted by atomic mass is 79.9. The van der Waals surface area contributed by atoms with Crippen LogP contribution in [0.1, 0.15) is 41.0 Å². The quantitative estimate of drug-likeness (QED) is 0.878. The molecule has 0 aliphatic heterocycles. The Morgan fingerprint density at radius 3 is 2.50 bits per heavy atom. The third-order valence-corrected chi connectivity index (χ3v) is 3.17. The van der Waals surface area contributed by atoms with Gasteiger partial charge in [-0.05, 0) is 24.1 Å². The lowest BCUT2D eigenvalue weighted by Crippen LogP contribution is -2.28. The maximum Gasteiger partial charge on any atom is 0.335 e. The summed E-state index contributed by atoms with van der Waals surface area (Å²) >= 11 is 3.20. The van der Waals surface area contributed by atoms with Crippen LogP contribution >= 0.6 is 15.9 Å². The van der Waals surface area contributed by atoms with Gasteiger partial charge in [0.2, 0.25) is 0 Å². The van der Waals surface area contributed by atoms with Crippen molar-refractivity contribution in [1.82, 2.24) is 5.32 Å². The average Bonchev–Trinajstić information content (AvgIpc) is 2.34. The van der Waals surface area contributed by atoms with Crippen molar-refractivity contribution < 1.29 is 14.7 Å². The Balaban J connectivity index is 2.82. The second kappa shape index (κ2) is 6.54. The summed E-state index contributed by atoms with van der Waals surface area (Å²) in [5.74, 6) is -0.897. The first-order valence-corrected chi connectivity index (χ1v) is 6.55. The summed E-state index contributed by atoms with van der Waals surface area (Å²) in [6.07, 6.45) is 0.985. The second-order valence-corrected chi connectivity index (χ2v) is 5.17. The fourth-order valence-electron chi connectivity index (χ4n) is 1.36.